The van der Waals surface area contributed by atoms with Crippen molar-refractivity contribution >= 4 is 45.2 Å². The largest absolute Gasteiger partial charge is 0.274 e. The van der Waals surface area contributed by atoms with Crippen LogP contribution in [0.3, 0.4) is 0 Å². The Labute approximate surface area is 147 Å². The number of thioether (sulfide) groups is 1. The van der Waals surface area contributed by atoms with E-state index in [1.807, 2.05) is 24.3 Å². The summed E-state index contributed by atoms with van der Waals surface area (Å²) in [6.45, 7) is 4.13. The molecular formula is C19H16N2OS2. The Hall–Kier alpha value is -2.11. The molecule has 24 heavy (non-hydrogen) atoms. The predicted octanol–water partition coefficient (Wildman–Crippen LogP) is 3.80. The van der Waals surface area contributed by atoms with E-state index in [-0.39, 0.29) is 5.56 Å². The van der Waals surface area contributed by atoms with E-state index in [0.29, 0.717) is 0 Å². The molecule has 0 atom stereocenters. The smallest absolute Gasteiger partial charge is 0.267 e. The molecular weight excluding hydrogens is 336 g/mol. The van der Waals surface area contributed by atoms with E-state index in [4.69, 9.17) is 0 Å². The van der Waals surface area contributed by atoms with Crippen LogP contribution in [-0.4, -0.2) is 15.6 Å². The van der Waals surface area contributed by atoms with Gasteiger partial charge in [0, 0.05) is 4.90 Å². The second-order valence-electron chi connectivity index (χ2n) is 5.84. The summed E-state index contributed by atoms with van der Waals surface area (Å²) in [5.74, 6) is 0. The molecule has 0 saturated carbocycles. The summed E-state index contributed by atoms with van der Waals surface area (Å²) in [4.78, 5) is 19.4. The van der Waals surface area contributed by atoms with Crippen LogP contribution in [0.2, 0.25) is 0 Å². The number of aromatic nitrogens is 2. The summed E-state index contributed by atoms with van der Waals surface area (Å²) >= 11 is 3.15. The third kappa shape index (κ3) is 2.44. The fourth-order valence-corrected chi connectivity index (χ4v) is 4.17. The molecule has 0 spiro atoms. The molecule has 2 aromatic carbocycles. The van der Waals surface area contributed by atoms with Gasteiger partial charge in [-0.1, -0.05) is 23.5 Å². The first-order valence-electron chi connectivity index (χ1n) is 7.65. The van der Waals surface area contributed by atoms with Crippen LogP contribution in [0.15, 0.2) is 46.1 Å². The number of aryl methyl sites for hydroxylation is 2. The molecule has 2 heterocycles. The first-order valence-corrected chi connectivity index (χ1v) is 9.69. The van der Waals surface area contributed by atoms with Crippen LogP contribution >= 0.6 is 23.1 Å². The number of hydrogen-bond acceptors (Lipinski definition) is 4. The molecule has 0 bridgehead atoms. The third-order valence-electron chi connectivity index (χ3n) is 4.27. The number of nitrogens with zero attached hydrogens (tertiary/aromatic N) is 2. The average molecular weight is 352 g/mol. The van der Waals surface area contributed by atoms with E-state index < -0.39 is 0 Å². The van der Waals surface area contributed by atoms with Crippen molar-refractivity contribution in [3.05, 3.63) is 68.0 Å². The van der Waals surface area contributed by atoms with E-state index in [1.165, 1.54) is 27.4 Å². The Balaban J connectivity index is 1.94. The highest BCUT2D eigenvalue weighted by Crippen LogP contribution is 2.21. The minimum atomic E-state index is 0.00898. The van der Waals surface area contributed by atoms with Crippen LogP contribution in [0, 0.1) is 13.8 Å². The molecule has 0 aliphatic carbocycles. The van der Waals surface area contributed by atoms with Crippen molar-refractivity contribution in [1.29, 1.82) is 0 Å². The number of benzene rings is 2. The van der Waals surface area contributed by atoms with Crippen LogP contribution in [0.4, 0.5) is 0 Å². The average Bonchev–Trinajstić information content (AvgIpc) is 3.06. The number of rotatable bonds is 2. The number of imidazole rings is 1. The molecule has 5 heteroatoms. The summed E-state index contributed by atoms with van der Waals surface area (Å²) in [5, 5.41) is 0. The molecule has 0 unspecified atom stereocenters. The van der Waals surface area contributed by atoms with Gasteiger partial charge in [0.05, 0.1) is 15.6 Å². The Morgan fingerprint density at radius 3 is 2.54 bits per heavy atom. The summed E-state index contributed by atoms with van der Waals surface area (Å²) in [6, 6.07) is 12.3. The molecule has 0 fully saturated rings. The first kappa shape index (κ1) is 15.4. The lowest BCUT2D eigenvalue weighted by Crippen LogP contribution is -2.22. The molecule has 3 nitrogen and oxygen atoms in total. The van der Waals surface area contributed by atoms with Gasteiger partial charge in [0.2, 0.25) is 0 Å². The van der Waals surface area contributed by atoms with Gasteiger partial charge in [-0.05, 0) is 67.1 Å². The van der Waals surface area contributed by atoms with Crippen molar-refractivity contribution < 1.29 is 0 Å². The standard InChI is InChI=1S/C19H16N2OS2/c1-11-8-15-16(9-12(11)2)21-18(22)17(24-19(21)20-15)10-13-4-6-14(23-3)7-5-13/h4-10H,1-3H3. The van der Waals surface area contributed by atoms with Gasteiger partial charge < -0.3 is 0 Å². The minimum Gasteiger partial charge on any atom is -0.267 e. The molecule has 0 N–H and O–H groups in total. The van der Waals surface area contributed by atoms with Crippen molar-refractivity contribution in [2.75, 3.05) is 6.26 Å². The fourth-order valence-electron chi connectivity index (χ4n) is 2.77. The van der Waals surface area contributed by atoms with Gasteiger partial charge in [0.25, 0.3) is 5.56 Å². The normalized spacial score (nSPS) is 12.5. The van der Waals surface area contributed by atoms with Gasteiger partial charge in [-0.3, -0.25) is 4.79 Å². The minimum absolute atomic E-state index is 0.00898. The SMILES string of the molecule is CSc1ccc(C=c2sc3nc4cc(C)c(C)cc4n3c2=O)cc1. The lowest BCUT2D eigenvalue weighted by atomic mass is 10.1. The van der Waals surface area contributed by atoms with Crippen LogP contribution < -0.4 is 10.1 Å². The van der Waals surface area contributed by atoms with E-state index in [0.717, 1.165) is 26.1 Å². The summed E-state index contributed by atoms with van der Waals surface area (Å²) in [7, 11) is 0. The van der Waals surface area contributed by atoms with E-state index in [9.17, 15) is 4.79 Å². The second-order valence-corrected chi connectivity index (χ2v) is 7.73. The zero-order chi connectivity index (χ0) is 16.8. The van der Waals surface area contributed by atoms with Crippen molar-refractivity contribution in [3.63, 3.8) is 0 Å². The molecule has 0 amide bonds. The number of fused-ring (bicyclic) bond motifs is 3. The Bertz CT molecular complexity index is 1170. The quantitative estimate of drug-likeness (QED) is 0.515. The van der Waals surface area contributed by atoms with Crippen LogP contribution in [-0.2, 0) is 0 Å². The number of hydrogen-bond donors (Lipinski definition) is 0. The zero-order valence-electron chi connectivity index (χ0n) is 13.7. The molecule has 2 aromatic heterocycles. The highest BCUT2D eigenvalue weighted by Gasteiger charge is 2.12. The summed E-state index contributed by atoms with van der Waals surface area (Å²) in [5.41, 5.74) is 5.19. The maximum absolute atomic E-state index is 12.8. The van der Waals surface area contributed by atoms with Crippen molar-refractivity contribution in [3.8, 4) is 0 Å². The van der Waals surface area contributed by atoms with Gasteiger partial charge >= 0.3 is 0 Å². The molecule has 4 rings (SSSR count). The Kier molecular flexibility index (Phi) is 3.70. The molecule has 0 aliphatic rings. The van der Waals surface area contributed by atoms with Crippen molar-refractivity contribution in [2.45, 2.75) is 18.7 Å². The lowest BCUT2D eigenvalue weighted by molar-refractivity contribution is 1.18. The van der Waals surface area contributed by atoms with Gasteiger partial charge in [-0.2, -0.15) is 0 Å². The second kappa shape index (κ2) is 5.76. The topological polar surface area (TPSA) is 34.4 Å². The summed E-state index contributed by atoms with van der Waals surface area (Å²) < 4.78 is 2.45. The highest BCUT2D eigenvalue weighted by atomic mass is 32.2. The fraction of sp³-hybridized carbons (Fsp3) is 0.158. The third-order valence-corrected chi connectivity index (χ3v) is 5.98. The molecule has 4 aromatic rings. The van der Waals surface area contributed by atoms with Gasteiger partial charge in [0.1, 0.15) is 0 Å². The molecule has 0 radical (unpaired) electrons. The van der Waals surface area contributed by atoms with Crippen LogP contribution in [0.5, 0.6) is 0 Å². The molecule has 0 aliphatic heterocycles. The van der Waals surface area contributed by atoms with E-state index in [2.05, 4.69) is 43.3 Å². The van der Waals surface area contributed by atoms with Gasteiger partial charge in [-0.15, -0.1) is 11.8 Å². The van der Waals surface area contributed by atoms with Crippen LogP contribution in [0.1, 0.15) is 16.7 Å². The maximum atomic E-state index is 12.8. The first-order chi connectivity index (χ1) is 11.6. The van der Waals surface area contributed by atoms with E-state index >= 15 is 0 Å². The van der Waals surface area contributed by atoms with Crippen molar-refractivity contribution in [2.24, 2.45) is 0 Å². The van der Waals surface area contributed by atoms with Gasteiger partial charge in [0.15, 0.2) is 4.96 Å². The zero-order valence-corrected chi connectivity index (χ0v) is 15.3. The number of thiazole rings is 1. The molecule has 120 valence electrons. The lowest BCUT2D eigenvalue weighted by Gasteiger charge is -1.98. The van der Waals surface area contributed by atoms with Crippen molar-refractivity contribution in [1.82, 2.24) is 9.38 Å². The van der Waals surface area contributed by atoms with E-state index in [1.54, 1.807) is 16.2 Å². The maximum Gasteiger partial charge on any atom is 0.274 e. The highest BCUT2D eigenvalue weighted by molar-refractivity contribution is 7.98. The molecule has 0 saturated heterocycles. The summed E-state index contributed by atoms with van der Waals surface area (Å²) in [6.07, 6.45) is 4.00. The van der Waals surface area contributed by atoms with Crippen LogP contribution in [0.25, 0.3) is 22.1 Å². The Morgan fingerprint density at radius 1 is 1.12 bits per heavy atom. The van der Waals surface area contributed by atoms with Gasteiger partial charge in [-0.25, -0.2) is 9.38 Å². The monoisotopic (exact) mass is 352 g/mol. The Morgan fingerprint density at radius 2 is 1.83 bits per heavy atom. The predicted molar refractivity (Wildman–Crippen MR) is 103 cm³/mol.